The zero-order valence-corrected chi connectivity index (χ0v) is 16.2. The molecule has 28 heavy (non-hydrogen) atoms. The number of nitrogens with two attached hydrogens (primary N) is 1. The standard InChI is InChI=1S/C21H24FNO5/c1-21(2)10-14-17(15(24)11-21)16(18(22)19(14)23)12-4-6-13(7-5-12)28-20(25)27-9-8-26-3/h4-7,16H,8-11,23H2,1-3H3/t16-/m1/s1. The summed E-state index contributed by atoms with van der Waals surface area (Å²) in [5, 5.41) is 0. The number of rotatable bonds is 5. The maximum Gasteiger partial charge on any atom is 0.513 e. The third-order valence-electron chi connectivity index (χ3n) is 4.97. The smallest absolute Gasteiger partial charge is 0.432 e. The number of ether oxygens (including phenoxy) is 3. The van der Waals surface area contributed by atoms with E-state index in [2.05, 4.69) is 0 Å². The second kappa shape index (κ2) is 7.75. The Bertz CT molecular complexity index is 854. The Kier molecular flexibility index (Phi) is 5.56. The second-order valence-corrected chi connectivity index (χ2v) is 7.79. The van der Waals surface area contributed by atoms with Crippen LogP contribution < -0.4 is 10.5 Å². The van der Waals surface area contributed by atoms with Crippen molar-refractivity contribution in [3.8, 4) is 5.75 Å². The zero-order valence-electron chi connectivity index (χ0n) is 16.2. The van der Waals surface area contributed by atoms with Gasteiger partial charge >= 0.3 is 6.16 Å². The summed E-state index contributed by atoms with van der Waals surface area (Å²) in [6.45, 7) is 4.31. The van der Waals surface area contributed by atoms with Gasteiger partial charge in [0.05, 0.1) is 18.2 Å². The predicted octanol–water partition coefficient (Wildman–Crippen LogP) is 3.77. The average Bonchev–Trinajstić information content (AvgIpc) is 2.87. The van der Waals surface area contributed by atoms with Gasteiger partial charge in [0.15, 0.2) is 5.78 Å². The molecule has 7 heteroatoms. The lowest BCUT2D eigenvalue weighted by Crippen LogP contribution is -2.27. The fourth-order valence-electron chi connectivity index (χ4n) is 3.71. The van der Waals surface area contributed by atoms with Gasteiger partial charge in [-0.1, -0.05) is 26.0 Å². The number of carbonyl (C=O) groups excluding carboxylic acids is 2. The van der Waals surface area contributed by atoms with Crippen LogP contribution in [0.25, 0.3) is 0 Å². The predicted molar refractivity (Wildman–Crippen MR) is 100 cm³/mol. The highest BCUT2D eigenvalue weighted by Gasteiger charge is 2.44. The summed E-state index contributed by atoms with van der Waals surface area (Å²) in [7, 11) is 1.50. The van der Waals surface area contributed by atoms with Crippen LogP contribution in [-0.2, 0) is 14.3 Å². The summed E-state index contributed by atoms with van der Waals surface area (Å²) in [5.74, 6) is -1.12. The molecule has 2 N–H and O–H groups in total. The van der Waals surface area contributed by atoms with Gasteiger partial charge in [0.25, 0.3) is 0 Å². The summed E-state index contributed by atoms with van der Waals surface area (Å²) in [6.07, 6.45) is 0.0751. The van der Waals surface area contributed by atoms with Crippen LogP contribution in [0.5, 0.6) is 5.75 Å². The van der Waals surface area contributed by atoms with Crippen molar-refractivity contribution >= 4 is 11.9 Å². The average molecular weight is 389 g/mol. The molecule has 0 radical (unpaired) electrons. The molecule has 0 heterocycles. The lowest BCUT2D eigenvalue weighted by atomic mass is 9.72. The largest absolute Gasteiger partial charge is 0.513 e. The van der Waals surface area contributed by atoms with Crippen molar-refractivity contribution in [3.05, 3.63) is 52.5 Å². The van der Waals surface area contributed by atoms with Crippen molar-refractivity contribution in [1.29, 1.82) is 0 Å². The van der Waals surface area contributed by atoms with E-state index in [0.29, 0.717) is 29.6 Å². The van der Waals surface area contributed by atoms with Crippen molar-refractivity contribution < 1.29 is 28.2 Å². The zero-order chi connectivity index (χ0) is 20.5. The molecule has 0 aromatic heterocycles. The summed E-state index contributed by atoms with van der Waals surface area (Å²) in [4.78, 5) is 24.3. The molecular weight excluding hydrogens is 365 g/mol. The monoisotopic (exact) mass is 389 g/mol. The lowest BCUT2D eigenvalue weighted by Gasteiger charge is -2.31. The molecule has 1 aromatic rings. The quantitative estimate of drug-likeness (QED) is 0.469. The molecule has 6 nitrogen and oxygen atoms in total. The van der Waals surface area contributed by atoms with Crippen LogP contribution in [-0.4, -0.2) is 32.3 Å². The van der Waals surface area contributed by atoms with Gasteiger partial charge in [0.1, 0.15) is 18.2 Å². The van der Waals surface area contributed by atoms with Crippen LogP contribution in [0.2, 0.25) is 0 Å². The molecular formula is C21H24FNO5. The van der Waals surface area contributed by atoms with Crippen LogP contribution in [0.3, 0.4) is 0 Å². The molecule has 0 unspecified atom stereocenters. The molecule has 0 bridgehead atoms. The van der Waals surface area contributed by atoms with E-state index in [1.165, 1.54) is 19.2 Å². The van der Waals surface area contributed by atoms with Crippen LogP contribution in [0, 0.1) is 5.41 Å². The van der Waals surface area contributed by atoms with Crippen LogP contribution in [0.15, 0.2) is 46.9 Å². The van der Waals surface area contributed by atoms with E-state index in [0.717, 1.165) is 0 Å². The Hall–Kier alpha value is -2.67. The van der Waals surface area contributed by atoms with Crippen molar-refractivity contribution in [2.75, 3.05) is 20.3 Å². The fraction of sp³-hybridized carbons (Fsp3) is 0.429. The highest BCUT2D eigenvalue weighted by atomic mass is 19.1. The third-order valence-corrected chi connectivity index (χ3v) is 4.97. The Labute approximate surface area is 163 Å². The number of ketones is 1. The fourth-order valence-corrected chi connectivity index (χ4v) is 3.71. The minimum absolute atomic E-state index is 0.0724. The molecule has 2 aliphatic rings. The van der Waals surface area contributed by atoms with Gasteiger partial charge in [-0.2, -0.15) is 0 Å². The van der Waals surface area contributed by atoms with Crippen molar-refractivity contribution in [2.45, 2.75) is 32.6 Å². The molecule has 2 aliphatic carbocycles. The number of methoxy groups -OCH3 is 1. The molecule has 0 fully saturated rings. The molecule has 1 atom stereocenters. The van der Waals surface area contributed by atoms with E-state index in [1.807, 2.05) is 13.8 Å². The maximum absolute atomic E-state index is 14.9. The van der Waals surface area contributed by atoms with Crippen molar-refractivity contribution in [2.24, 2.45) is 11.1 Å². The number of halogens is 1. The lowest BCUT2D eigenvalue weighted by molar-refractivity contribution is -0.118. The first kappa shape index (κ1) is 20.1. The molecule has 1 aromatic carbocycles. The number of carbonyl (C=O) groups is 2. The highest BCUT2D eigenvalue weighted by molar-refractivity contribution is 6.01. The van der Waals surface area contributed by atoms with E-state index in [1.54, 1.807) is 12.1 Å². The first-order valence-corrected chi connectivity index (χ1v) is 9.09. The van der Waals surface area contributed by atoms with Gasteiger partial charge in [-0.3, -0.25) is 4.79 Å². The normalized spacial score (nSPS) is 21.0. The van der Waals surface area contributed by atoms with Crippen LogP contribution >= 0.6 is 0 Å². The molecule has 150 valence electrons. The van der Waals surface area contributed by atoms with E-state index < -0.39 is 17.9 Å². The van der Waals surface area contributed by atoms with Crippen LogP contribution in [0.1, 0.15) is 38.2 Å². The first-order chi connectivity index (χ1) is 13.2. The van der Waals surface area contributed by atoms with Gasteiger partial charge in [-0.25, -0.2) is 9.18 Å². The number of Topliss-reactive ketones (excluding diaryl/α,β-unsaturated/α-hetero) is 1. The van der Waals surface area contributed by atoms with Gasteiger partial charge in [-0.05, 0) is 35.1 Å². The van der Waals surface area contributed by atoms with Gasteiger partial charge in [-0.15, -0.1) is 0 Å². The van der Waals surface area contributed by atoms with Crippen molar-refractivity contribution in [3.63, 3.8) is 0 Å². The summed E-state index contributed by atoms with van der Waals surface area (Å²) in [5.41, 5.74) is 7.47. The summed E-state index contributed by atoms with van der Waals surface area (Å²) >= 11 is 0. The van der Waals surface area contributed by atoms with Gasteiger partial charge in [0.2, 0.25) is 0 Å². The number of hydrogen-bond acceptors (Lipinski definition) is 6. The molecule has 0 aliphatic heterocycles. The Balaban J connectivity index is 1.79. The first-order valence-electron chi connectivity index (χ1n) is 9.09. The number of benzene rings is 1. The summed E-state index contributed by atoms with van der Waals surface area (Å²) in [6, 6.07) is 6.31. The van der Waals surface area contributed by atoms with Gasteiger partial charge in [0, 0.05) is 19.1 Å². The highest BCUT2D eigenvalue weighted by Crippen LogP contribution is 2.51. The van der Waals surface area contributed by atoms with E-state index in [9.17, 15) is 14.0 Å². The minimum Gasteiger partial charge on any atom is -0.432 e. The Morgan fingerprint density at radius 3 is 2.54 bits per heavy atom. The summed E-state index contributed by atoms with van der Waals surface area (Å²) < 4.78 is 29.6. The maximum atomic E-state index is 14.9. The molecule has 0 saturated heterocycles. The van der Waals surface area contributed by atoms with Gasteiger partial charge < -0.3 is 19.9 Å². The molecule has 0 spiro atoms. The van der Waals surface area contributed by atoms with E-state index in [4.69, 9.17) is 19.9 Å². The SMILES string of the molecule is COCCOC(=O)Oc1ccc([C@H]2C(F)=C(N)C3=C2C(=O)CC(C)(C)C3)cc1. The van der Waals surface area contributed by atoms with E-state index >= 15 is 0 Å². The van der Waals surface area contributed by atoms with Crippen LogP contribution in [0.4, 0.5) is 9.18 Å². The molecule has 0 amide bonds. The molecule has 0 saturated carbocycles. The minimum atomic E-state index is -0.851. The second-order valence-electron chi connectivity index (χ2n) is 7.79. The van der Waals surface area contributed by atoms with E-state index in [-0.39, 0.29) is 35.9 Å². The number of allylic oxidation sites excluding steroid dienone is 3. The number of hydrogen-bond donors (Lipinski definition) is 1. The Morgan fingerprint density at radius 1 is 1.21 bits per heavy atom. The molecule has 3 rings (SSSR count). The third kappa shape index (κ3) is 3.94. The Morgan fingerprint density at radius 2 is 1.89 bits per heavy atom. The van der Waals surface area contributed by atoms with Crippen molar-refractivity contribution in [1.82, 2.24) is 0 Å². The topological polar surface area (TPSA) is 87.8 Å².